The third-order valence-corrected chi connectivity index (χ3v) is 4.26. The topological polar surface area (TPSA) is 98.8 Å². The van der Waals surface area contributed by atoms with E-state index in [0.717, 1.165) is 0 Å². The van der Waals surface area contributed by atoms with E-state index in [-0.39, 0.29) is 25.4 Å². The van der Waals surface area contributed by atoms with Crippen LogP contribution >= 0.6 is 0 Å². The van der Waals surface area contributed by atoms with Gasteiger partial charge in [0.25, 0.3) is 0 Å². The largest absolute Gasteiger partial charge is 0.466 e. The van der Waals surface area contributed by atoms with E-state index >= 15 is 0 Å². The quantitative estimate of drug-likeness (QED) is 0.633. The fourth-order valence-corrected chi connectivity index (χ4v) is 3.12. The van der Waals surface area contributed by atoms with E-state index in [4.69, 9.17) is 4.74 Å². The van der Waals surface area contributed by atoms with Crippen LogP contribution in [0.1, 0.15) is 43.1 Å². The van der Waals surface area contributed by atoms with Gasteiger partial charge in [-0.15, -0.1) is 0 Å². The number of rotatable bonds is 5. The van der Waals surface area contributed by atoms with Gasteiger partial charge in [0.1, 0.15) is 6.04 Å². The molecule has 1 aromatic rings. The Kier molecular flexibility index (Phi) is 5.56. The number of fused-ring (bicyclic) bond motifs is 1. The van der Waals surface area contributed by atoms with E-state index in [2.05, 4.69) is 10.1 Å². The summed E-state index contributed by atoms with van der Waals surface area (Å²) in [6, 6.07) is 5.79. The highest BCUT2D eigenvalue weighted by atomic mass is 16.5. The molecule has 0 aromatic heterocycles. The molecule has 1 N–H and O–H groups in total. The Morgan fingerprint density at radius 3 is 2.40 bits per heavy atom. The molecule has 25 heavy (non-hydrogen) atoms. The standard InChI is InChI=1S/C18H21NO6/c1-4-24-13(20)10-18(3)12-9-7-6-8-11(12)14(21)15(18)19-16(22)17(23)25-5-2/h6-9,15H,4-5,10H2,1-3H3,(H,19,22). The number of hydrogen-bond donors (Lipinski definition) is 1. The minimum Gasteiger partial charge on any atom is -0.466 e. The molecule has 2 unspecified atom stereocenters. The van der Waals surface area contributed by atoms with Crippen molar-refractivity contribution in [3.8, 4) is 0 Å². The zero-order valence-electron chi connectivity index (χ0n) is 14.5. The molecule has 0 aliphatic heterocycles. The van der Waals surface area contributed by atoms with Crippen molar-refractivity contribution in [2.45, 2.75) is 38.6 Å². The molecule has 0 bridgehead atoms. The number of carbonyl (C=O) groups is 4. The summed E-state index contributed by atoms with van der Waals surface area (Å²) < 4.78 is 9.66. The second kappa shape index (κ2) is 7.46. The van der Waals surface area contributed by atoms with Crippen molar-refractivity contribution < 1.29 is 28.7 Å². The molecular formula is C18H21NO6. The van der Waals surface area contributed by atoms with Crippen LogP contribution in [0.2, 0.25) is 0 Å². The summed E-state index contributed by atoms with van der Waals surface area (Å²) >= 11 is 0. The zero-order chi connectivity index (χ0) is 18.6. The highest BCUT2D eigenvalue weighted by Gasteiger charge is 2.51. The van der Waals surface area contributed by atoms with Crippen molar-refractivity contribution in [2.75, 3.05) is 13.2 Å². The van der Waals surface area contributed by atoms with Crippen molar-refractivity contribution in [1.29, 1.82) is 0 Å². The van der Waals surface area contributed by atoms with Gasteiger partial charge < -0.3 is 14.8 Å². The average Bonchev–Trinajstić information content (AvgIpc) is 2.77. The summed E-state index contributed by atoms with van der Waals surface area (Å²) in [6.07, 6.45) is -0.0998. The van der Waals surface area contributed by atoms with Crippen LogP contribution in [-0.2, 0) is 29.3 Å². The Balaban J connectivity index is 2.36. The highest BCUT2D eigenvalue weighted by Crippen LogP contribution is 2.41. The van der Waals surface area contributed by atoms with Gasteiger partial charge in [0.15, 0.2) is 5.78 Å². The van der Waals surface area contributed by atoms with Crippen LogP contribution in [0.4, 0.5) is 0 Å². The molecular weight excluding hydrogens is 326 g/mol. The average molecular weight is 347 g/mol. The minimum absolute atomic E-state index is 0.0468. The second-order valence-corrected chi connectivity index (χ2v) is 5.94. The predicted molar refractivity (Wildman–Crippen MR) is 87.9 cm³/mol. The lowest BCUT2D eigenvalue weighted by molar-refractivity contribution is -0.155. The van der Waals surface area contributed by atoms with E-state index in [1.165, 1.54) is 0 Å². The first-order valence-corrected chi connectivity index (χ1v) is 8.12. The van der Waals surface area contributed by atoms with Crippen LogP contribution in [0, 0.1) is 0 Å². The molecule has 1 aliphatic rings. The molecule has 1 amide bonds. The summed E-state index contributed by atoms with van der Waals surface area (Å²) in [6.45, 7) is 5.22. The SMILES string of the molecule is CCOC(=O)CC1(C)c2ccccc2C(=O)C1NC(=O)C(=O)OCC. The lowest BCUT2D eigenvalue weighted by Gasteiger charge is -2.30. The molecule has 0 spiro atoms. The number of Topliss-reactive ketones (excluding diaryl/α,β-unsaturated/α-hetero) is 1. The van der Waals surface area contributed by atoms with E-state index in [0.29, 0.717) is 11.1 Å². The molecule has 0 heterocycles. The highest BCUT2D eigenvalue weighted by molar-refractivity contribution is 6.33. The van der Waals surface area contributed by atoms with Crippen molar-refractivity contribution in [1.82, 2.24) is 5.32 Å². The Morgan fingerprint density at radius 2 is 1.76 bits per heavy atom. The number of amides is 1. The summed E-state index contributed by atoms with van der Waals surface area (Å²) in [5, 5.41) is 2.43. The summed E-state index contributed by atoms with van der Waals surface area (Å²) in [7, 11) is 0. The van der Waals surface area contributed by atoms with Gasteiger partial charge >= 0.3 is 17.8 Å². The molecule has 134 valence electrons. The molecule has 1 aromatic carbocycles. The van der Waals surface area contributed by atoms with Gasteiger partial charge in [-0.25, -0.2) is 4.79 Å². The van der Waals surface area contributed by atoms with Crippen molar-refractivity contribution in [3.63, 3.8) is 0 Å². The van der Waals surface area contributed by atoms with Gasteiger partial charge in [-0.1, -0.05) is 31.2 Å². The van der Waals surface area contributed by atoms with Crippen LogP contribution in [0.3, 0.4) is 0 Å². The molecule has 0 fully saturated rings. The van der Waals surface area contributed by atoms with E-state index < -0.39 is 29.3 Å². The Hall–Kier alpha value is -2.70. The van der Waals surface area contributed by atoms with Crippen LogP contribution in [0.15, 0.2) is 24.3 Å². The van der Waals surface area contributed by atoms with Gasteiger partial charge in [0.2, 0.25) is 0 Å². The third-order valence-electron chi connectivity index (χ3n) is 4.26. The smallest absolute Gasteiger partial charge is 0.396 e. The normalized spacial score (nSPS) is 21.4. The Bertz CT molecular complexity index is 713. The Labute approximate surface area is 145 Å². The van der Waals surface area contributed by atoms with Crippen LogP contribution < -0.4 is 5.32 Å². The second-order valence-electron chi connectivity index (χ2n) is 5.94. The number of ether oxygens (including phenoxy) is 2. The van der Waals surface area contributed by atoms with Crippen LogP contribution in [0.5, 0.6) is 0 Å². The Morgan fingerprint density at radius 1 is 1.12 bits per heavy atom. The first kappa shape index (κ1) is 18.6. The first-order valence-electron chi connectivity index (χ1n) is 8.12. The molecule has 2 rings (SSSR count). The number of carbonyl (C=O) groups excluding carboxylic acids is 4. The molecule has 2 atom stereocenters. The lowest BCUT2D eigenvalue weighted by atomic mass is 9.77. The lowest BCUT2D eigenvalue weighted by Crippen LogP contribution is -2.52. The van der Waals surface area contributed by atoms with Crippen LogP contribution in [-0.4, -0.2) is 42.9 Å². The molecule has 1 aliphatic carbocycles. The molecule has 0 radical (unpaired) electrons. The monoisotopic (exact) mass is 347 g/mol. The number of esters is 2. The number of hydrogen-bond acceptors (Lipinski definition) is 6. The van der Waals surface area contributed by atoms with Crippen molar-refractivity contribution in [2.24, 2.45) is 0 Å². The molecule has 0 saturated heterocycles. The summed E-state index contributed by atoms with van der Waals surface area (Å²) in [5.41, 5.74) is 0.0490. The molecule has 0 saturated carbocycles. The maximum atomic E-state index is 12.7. The summed E-state index contributed by atoms with van der Waals surface area (Å²) in [4.78, 5) is 48.4. The van der Waals surface area contributed by atoms with Gasteiger partial charge in [-0.05, 0) is 19.4 Å². The van der Waals surface area contributed by atoms with E-state index in [1.807, 2.05) is 0 Å². The number of nitrogens with one attached hydrogen (secondary N) is 1. The van der Waals surface area contributed by atoms with E-state index in [9.17, 15) is 19.2 Å². The maximum absolute atomic E-state index is 12.7. The molecule has 7 heteroatoms. The van der Waals surface area contributed by atoms with Crippen LogP contribution in [0.25, 0.3) is 0 Å². The third kappa shape index (κ3) is 3.55. The van der Waals surface area contributed by atoms with Gasteiger partial charge in [-0.3, -0.25) is 14.4 Å². The minimum atomic E-state index is -1.07. The number of ketones is 1. The number of benzene rings is 1. The summed E-state index contributed by atoms with van der Waals surface area (Å²) in [5.74, 6) is -2.90. The maximum Gasteiger partial charge on any atom is 0.396 e. The van der Waals surface area contributed by atoms with Gasteiger partial charge in [0.05, 0.1) is 19.6 Å². The van der Waals surface area contributed by atoms with Gasteiger partial charge in [0, 0.05) is 11.0 Å². The first-order chi connectivity index (χ1) is 11.8. The molecule has 7 nitrogen and oxygen atoms in total. The van der Waals surface area contributed by atoms with Crippen molar-refractivity contribution in [3.05, 3.63) is 35.4 Å². The van der Waals surface area contributed by atoms with Crippen molar-refractivity contribution >= 4 is 23.6 Å². The predicted octanol–water partition coefficient (Wildman–Crippen LogP) is 1.14. The van der Waals surface area contributed by atoms with Gasteiger partial charge in [-0.2, -0.15) is 0 Å². The fraction of sp³-hybridized carbons (Fsp3) is 0.444. The zero-order valence-corrected chi connectivity index (χ0v) is 14.5. The van der Waals surface area contributed by atoms with E-state index in [1.54, 1.807) is 45.0 Å². The fourth-order valence-electron chi connectivity index (χ4n) is 3.12.